The zero-order chi connectivity index (χ0) is 23.7. The molecule has 3 unspecified atom stereocenters. The zero-order valence-corrected chi connectivity index (χ0v) is 17.7. The standard InChI is InChI=1S/C21H29N5O6/c22-14(8-9-17(23)27)20(30)26-10-4-7-16(26)19(29)24-12-18(28)25-15(21(31)32)11-13-5-2-1-3-6-13/h1-3,5-6,14-16H,4,7-12,22H2,(H2,23,27)(H,24,29)(H,25,28)(H,31,32). The number of likely N-dealkylation sites (tertiary alicyclic amines) is 1. The van der Waals surface area contributed by atoms with Crippen LogP contribution >= 0.6 is 0 Å². The first kappa shape index (κ1) is 24.8. The molecule has 32 heavy (non-hydrogen) atoms. The molecule has 0 saturated carbocycles. The fourth-order valence-electron chi connectivity index (χ4n) is 3.52. The molecule has 0 radical (unpaired) electrons. The molecule has 1 aromatic rings. The van der Waals surface area contributed by atoms with Crippen LogP contribution in [0.4, 0.5) is 0 Å². The number of nitrogens with zero attached hydrogens (tertiary/aromatic N) is 1. The predicted octanol–water partition coefficient (Wildman–Crippen LogP) is -1.50. The number of amides is 4. The van der Waals surface area contributed by atoms with Gasteiger partial charge in [-0.1, -0.05) is 30.3 Å². The molecule has 0 spiro atoms. The van der Waals surface area contributed by atoms with E-state index in [4.69, 9.17) is 11.5 Å². The minimum atomic E-state index is -1.19. The number of primary amides is 1. The second kappa shape index (κ2) is 11.8. The van der Waals surface area contributed by atoms with Crippen LogP contribution in [0, 0.1) is 0 Å². The van der Waals surface area contributed by atoms with Gasteiger partial charge in [0.25, 0.3) is 0 Å². The zero-order valence-electron chi connectivity index (χ0n) is 17.7. The van der Waals surface area contributed by atoms with Crippen LogP contribution in [-0.4, -0.2) is 70.8 Å². The third-order valence-electron chi connectivity index (χ3n) is 5.20. The Morgan fingerprint density at radius 1 is 1.16 bits per heavy atom. The summed E-state index contributed by atoms with van der Waals surface area (Å²) in [4.78, 5) is 61.0. The lowest BCUT2D eigenvalue weighted by atomic mass is 10.1. The second-order valence-corrected chi connectivity index (χ2v) is 7.67. The van der Waals surface area contributed by atoms with Gasteiger partial charge in [0.2, 0.25) is 23.6 Å². The van der Waals surface area contributed by atoms with Gasteiger partial charge in [-0.25, -0.2) is 4.79 Å². The van der Waals surface area contributed by atoms with Gasteiger partial charge in [0.1, 0.15) is 12.1 Å². The molecule has 1 aliphatic rings. The number of aliphatic carboxylic acids is 1. The molecule has 2 rings (SSSR count). The summed E-state index contributed by atoms with van der Waals surface area (Å²) in [6.07, 6.45) is 1.15. The van der Waals surface area contributed by atoms with Crippen molar-refractivity contribution in [2.45, 2.75) is 50.2 Å². The van der Waals surface area contributed by atoms with Crippen LogP contribution in [-0.2, 0) is 30.4 Å². The molecule has 1 heterocycles. The molecule has 0 aliphatic carbocycles. The number of nitrogens with one attached hydrogen (secondary N) is 2. The van der Waals surface area contributed by atoms with Crippen LogP contribution in [0.25, 0.3) is 0 Å². The summed E-state index contributed by atoms with van der Waals surface area (Å²) < 4.78 is 0. The SMILES string of the molecule is NC(=O)CCC(N)C(=O)N1CCCC1C(=O)NCC(=O)NC(Cc1ccccc1)C(=O)O. The fraction of sp³-hybridized carbons (Fsp3) is 0.476. The average Bonchev–Trinajstić information content (AvgIpc) is 3.25. The van der Waals surface area contributed by atoms with Gasteiger partial charge in [0.15, 0.2) is 0 Å². The molecule has 4 amide bonds. The minimum absolute atomic E-state index is 0.0362. The molecule has 0 aromatic heterocycles. The second-order valence-electron chi connectivity index (χ2n) is 7.67. The molecule has 7 N–H and O–H groups in total. The first-order valence-corrected chi connectivity index (χ1v) is 10.4. The van der Waals surface area contributed by atoms with E-state index < -0.39 is 54.3 Å². The maximum atomic E-state index is 12.5. The Morgan fingerprint density at radius 2 is 1.84 bits per heavy atom. The number of carboxylic acid groups (broad SMARTS) is 1. The van der Waals surface area contributed by atoms with Crippen molar-refractivity contribution in [3.63, 3.8) is 0 Å². The Balaban J connectivity index is 1.87. The van der Waals surface area contributed by atoms with Gasteiger partial charge in [0.05, 0.1) is 12.6 Å². The number of carboxylic acids is 1. The molecule has 11 heteroatoms. The maximum Gasteiger partial charge on any atom is 0.326 e. The highest BCUT2D eigenvalue weighted by Crippen LogP contribution is 2.19. The van der Waals surface area contributed by atoms with Crippen LogP contribution in [0.5, 0.6) is 0 Å². The lowest BCUT2D eigenvalue weighted by Gasteiger charge is -2.26. The van der Waals surface area contributed by atoms with Gasteiger partial charge in [-0.2, -0.15) is 0 Å². The van der Waals surface area contributed by atoms with Crippen molar-refractivity contribution >= 4 is 29.6 Å². The number of hydrogen-bond donors (Lipinski definition) is 5. The van der Waals surface area contributed by atoms with E-state index in [0.29, 0.717) is 19.4 Å². The molecule has 3 atom stereocenters. The van der Waals surface area contributed by atoms with Gasteiger partial charge >= 0.3 is 5.97 Å². The quantitative estimate of drug-likeness (QED) is 0.273. The monoisotopic (exact) mass is 447 g/mol. The largest absolute Gasteiger partial charge is 0.480 e. The molecule has 0 bridgehead atoms. The molecule has 1 aromatic carbocycles. The topological polar surface area (TPSA) is 185 Å². The van der Waals surface area contributed by atoms with Crippen LogP contribution < -0.4 is 22.1 Å². The Hall–Kier alpha value is -3.47. The summed E-state index contributed by atoms with van der Waals surface area (Å²) in [5.41, 5.74) is 11.6. The van der Waals surface area contributed by atoms with E-state index in [0.717, 1.165) is 5.56 Å². The lowest BCUT2D eigenvalue weighted by molar-refractivity contribution is -0.142. The number of hydrogen-bond acceptors (Lipinski definition) is 6. The van der Waals surface area contributed by atoms with Crippen molar-refractivity contribution in [1.29, 1.82) is 0 Å². The predicted molar refractivity (Wildman–Crippen MR) is 114 cm³/mol. The van der Waals surface area contributed by atoms with Gasteiger partial charge in [-0.3, -0.25) is 19.2 Å². The summed E-state index contributed by atoms with van der Waals surface area (Å²) in [6, 6.07) is 5.97. The highest BCUT2D eigenvalue weighted by Gasteiger charge is 2.36. The van der Waals surface area contributed by atoms with Gasteiger partial charge in [-0.05, 0) is 24.8 Å². The molecule has 1 fully saturated rings. The van der Waals surface area contributed by atoms with Crippen molar-refractivity contribution in [2.75, 3.05) is 13.1 Å². The van der Waals surface area contributed by atoms with Gasteiger partial charge in [0, 0.05) is 19.4 Å². The van der Waals surface area contributed by atoms with Gasteiger partial charge in [-0.15, -0.1) is 0 Å². The summed E-state index contributed by atoms with van der Waals surface area (Å²) >= 11 is 0. The summed E-state index contributed by atoms with van der Waals surface area (Å²) in [6.45, 7) is -0.0881. The Morgan fingerprint density at radius 3 is 2.47 bits per heavy atom. The van der Waals surface area contributed by atoms with E-state index in [-0.39, 0.29) is 19.3 Å². The lowest BCUT2D eigenvalue weighted by Crippen LogP contribution is -2.53. The third-order valence-corrected chi connectivity index (χ3v) is 5.20. The fourth-order valence-corrected chi connectivity index (χ4v) is 3.52. The van der Waals surface area contributed by atoms with Crippen molar-refractivity contribution in [2.24, 2.45) is 11.5 Å². The first-order valence-electron chi connectivity index (χ1n) is 10.4. The highest BCUT2D eigenvalue weighted by atomic mass is 16.4. The number of carbonyl (C=O) groups is 5. The van der Waals surface area contributed by atoms with E-state index in [1.165, 1.54) is 4.90 Å². The van der Waals surface area contributed by atoms with Crippen molar-refractivity contribution in [3.05, 3.63) is 35.9 Å². The van der Waals surface area contributed by atoms with E-state index in [1.807, 2.05) is 0 Å². The Bertz CT molecular complexity index is 846. The maximum absolute atomic E-state index is 12.5. The Kier molecular flexibility index (Phi) is 9.14. The molecule has 1 saturated heterocycles. The summed E-state index contributed by atoms with van der Waals surface area (Å²) in [7, 11) is 0. The number of rotatable bonds is 11. The molecule has 174 valence electrons. The smallest absolute Gasteiger partial charge is 0.326 e. The van der Waals surface area contributed by atoms with Crippen molar-refractivity contribution < 1.29 is 29.1 Å². The van der Waals surface area contributed by atoms with Crippen LogP contribution in [0.2, 0.25) is 0 Å². The normalized spacial score (nSPS) is 17.3. The first-order chi connectivity index (χ1) is 15.2. The van der Waals surface area contributed by atoms with Crippen LogP contribution in [0.15, 0.2) is 30.3 Å². The van der Waals surface area contributed by atoms with E-state index >= 15 is 0 Å². The Labute approximate surface area is 185 Å². The van der Waals surface area contributed by atoms with Crippen LogP contribution in [0.3, 0.4) is 0 Å². The third kappa shape index (κ3) is 7.34. The highest BCUT2D eigenvalue weighted by molar-refractivity contribution is 5.93. The number of benzene rings is 1. The van der Waals surface area contributed by atoms with Crippen molar-refractivity contribution in [1.82, 2.24) is 15.5 Å². The van der Waals surface area contributed by atoms with E-state index in [2.05, 4.69) is 10.6 Å². The van der Waals surface area contributed by atoms with Gasteiger partial charge < -0.3 is 32.1 Å². The average molecular weight is 447 g/mol. The molecular weight excluding hydrogens is 418 g/mol. The van der Waals surface area contributed by atoms with E-state index in [9.17, 15) is 29.1 Å². The molecule has 11 nitrogen and oxygen atoms in total. The summed E-state index contributed by atoms with van der Waals surface area (Å²) in [5.74, 6) is -3.39. The van der Waals surface area contributed by atoms with Crippen molar-refractivity contribution in [3.8, 4) is 0 Å². The summed E-state index contributed by atoms with van der Waals surface area (Å²) in [5, 5.41) is 14.2. The van der Waals surface area contributed by atoms with Crippen LogP contribution in [0.1, 0.15) is 31.2 Å². The minimum Gasteiger partial charge on any atom is -0.480 e. The number of nitrogens with two attached hydrogens (primary N) is 2. The number of carbonyl (C=O) groups excluding carboxylic acids is 4. The van der Waals surface area contributed by atoms with E-state index in [1.54, 1.807) is 30.3 Å². The molecular formula is C21H29N5O6. The molecule has 1 aliphatic heterocycles.